The normalized spacial score (nSPS) is 16.8. The summed E-state index contributed by atoms with van der Waals surface area (Å²) in [5.74, 6) is -2.45. The van der Waals surface area contributed by atoms with Crippen LogP contribution in [0.2, 0.25) is 0 Å². The van der Waals surface area contributed by atoms with E-state index in [0.29, 0.717) is 0 Å². The number of aliphatic carboxylic acids is 1. The second-order valence-electron chi connectivity index (χ2n) is 3.21. The number of hydrogen-bond donors (Lipinski definition) is 2. The Kier molecular flexibility index (Phi) is 2.99. The molecule has 0 aromatic carbocycles. The number of hydrogen-bond acceptors (Lipinski definition) is 3. The fourth-order valence-corrected chi connectivity index (χ4v) is 1.05. The van der Waals surface area contributed by atoms with Crippen molar-refractivity contribution in [2.24, 2.45) is 0 Å². The molecule has 1 heterocycles. The summed E-state index contributed by atoms with van der Waals surface area (Å²) in [6.07, 6.45) is -1.74. The van der Waals surface area contributed by atoms with Crippen molar-refractivity contribution in [3.63, 3.8) is 0 Å². The summed E-state index contributed by atoms with van der Waals surface area (Å²) >= 11 is 0. The molecular formula is C9H9F2NO3. The molecular weight excluding hydrogens is 208 g/mol. The third-order valence-electron chi connectivity index (χ3n) is 1.96. The van der Waals surface area contributed by atoms with Crippen molar-refractivity contribution in [2.75, 3.05) is 0 Å². The Hall–Kier alpha value is -1.56. The quantitative estimate of drug-likeness (QED) is 0.787. The molecule has 82 valence electrons. The van der Waals surface area contributed by atoms with Crippen molar-refractivity contribution in [3.05, 3.63) is 29.8 Å². The van der Waals surface area contributed by atoms with Crippen molar-refractivity contribution in [3.8, 4) is 0 Å². The van der Waals surface area contributed by atoms with Gasteiger partial charge in [-0.1, -0.05) is 0 Å². The van der Waals surface area contributed by atoms with Gasteiger partial charge < -0.3 is 10.2 Å². The average Bonchev–Trinajstić information content (AvgIpc) is 2.17. The topological polar surface area (TPSA) is 70.4 Å². The Labute approximate surface area is 84.2 Å². The van der Waals surface area contributed by atoms with E-state index in [4.69, 9.17) is 5.11 Å². The van der Waals surface area contributed by atoms with Gasteiger partial charge in [0.1, 0.15) is 11.4 Å². The van der Waals surface area contributed by atoms with E-state index in [2.05, 4.69) is 4.98 Å². The Morgan fingerprint density at radius 2 is 2.20 bits per heavy atom. The number of carbonyl (C=O) groups is 1. The van der Waals surface area contributed by atoms with Crippen LogP contribution in [0.15, 0.2) is 18.3 Å². The molecule has 1 aromatic rings. The molecule has 2 unspecified atom stereocenters. The molecule has 0 saturated carbocycles. The molecule has 1 aromatic heterocycles. The van der Waals surface area contributed by atoms with Gasteiger partial charge in [-0.2, -0.15) is 0 Å². The molecule has 2 atom stereocenters. The van der Waals surface area contributed by atoms with Crippen molar-refractivity contribution in [1.82, 2.24) is 4.98 Å². The van der Waals surface area contributed by atoms with Gasteiger partial charge in [0.25, 0.3) is 0 Å². The number of carboxylic acid groups (broad SMARTS) is 1. The Bertz CT molecular complexity index is 364. The number of aliphatic hydroxyl groups is 1. The fourth-order valence-electron chi connectivity index (χ4n) is 1.05. The van der Waals surface area contributed by atoms with Gasteiger partial charge in [0.15, 0.2) is 0 Å². The lowest BCUT2D eigenvalue weighted by Crippen LogP contribution is -2.39. The van der Waals surface area contributed by atoms with Crippen LogP contribution < -0.4 is 0 Å². The number of aromatic nitrogens is 1. The highest BCUT2D eigenvalue weighted by Gasteiger charge is 2.40. The maximum absolute atomic E-state index is 13.1. The monoisotopic (exact) mass is 217 g/mol. The number of rotatable bonds is 3. The zero-order chi connectivity index (χ0) is 11.6. The summed E-state index contributed by atoms with van der Waals surface area (Å²) in [5, 5.41) is 18.0. The van der Waals surface area contributed by atoms with Crippen LogP contribution in [0.3, 0.4) is 0 Å². The SMILES string of the molecule is CC(O)(c1ccc(F)cn1)C(F)C(=O)O. The van der Waals surface area contributed by atoms with Gasteiger partial charge >= 0.3 is 5.97 Å². The maximum atomic E-state index is 13.1. The van der Waals surface area contributed by atoms with E-state index in [1.54, 1.807) is 0 Å². The van der Waals surface area contributed by atoms with Crippen LogP contribution in [-0.4, -0.2) is 27.3 Å². The Balaban J connectivity index is 3.05. The number of carboxylic acids is 1. The predicted octanol–water partition coefficient (Wildman–Crippen LogP) is 0.851. The van der Waals surface area contributed by atoms with E-state index in [0.717, 1.165) is 25.3 Å². The van der Waals surface area contributed by atoms with E-state index in [9.17, 15) is 18.7 Å². The van der Waals surface area contributed by atoms with Crippen LogP contribution in [0.5, 0.6) is 0 Å². The van der Waals surface area contributed by atoms with Crippen LogP contribution in [0.4, 0.5) is 8.78 Å². The third-order valence-corrected chi connectivity index (χ3v) is 1.96. The summed E-state index contributed by atoms with van der Waals surface area (Å²) in [4.78, 5) is 13.8. The van der Waals surface area contributed by atoms with E-state index in [-0.39, 0.29) is 5.69 Å². The number of pyridine rings is 1. The van der Waals surface area contributed by atoms with Crippen LogP contribution >= 0.6 is 0 Å². The van der Waals surface area contributed by atoms with Crippen molar-refractivity contribution in [2.45, 2.75) is 18.7 Å². The lowest BCUT2D eigenvalue weighted by Gasteiger charge is -2.23. The van der Waals surface area contributed by atoms with Crippen LogP contribution in [0.1, 0.15) is 12.6 Å². The second-order valence-corrected chi connectivity index (χ2v) is 3.21. The lowest BCUT2D eigenvalue weighted by atomic mass is 9.95. The summed E-state index contributed by atoms with van der Waals surface area (Å²) in [7, 11) is 0. The third kappa shape index (κ3) is 2.27. The first-order valence-corrected chi connectivity index (χ1v) is 4.07. The standard InChI is InChI=1S/C9H9F2NO3/c1-9(15,7(11)8(13)14)6-3-2-5(10)4-12-6/h2-4,7,15H,1H3,(H,13,14). The van der Waals surface area contributed by atoms with Gasteiger partial charge in [-0.25, -0.2) is 13.6 Å². The number of alkyl halides is 1. The second kappa shape index (κ2) is 3.90. The van der Waals surface area contributed by atoms with E-state index < -0.39 is 23.6 Å². The summed E-state index contributed by atoms with van der Waals surface area (Å²) in [6, 6.07) is 2.00. The molecule has 0 aliphatic carbocycles. The summed E-state index contributed by atoms with van der Waals surface area (Å²) < 4.78 is 25.6. The summed E-state index contributed by atoms with van der Waals surface area (Å²) in [5.41, 5.74) is -2.52. The first-order chi connectivity index (χ1) is 6.85. The zero-order valence-electron chi connectivity index (χ0n) is 7.82. The molecule has 0 aliphatic heterocycles. The maximum Gasteiger partial charge on any atom is 0.341 e. The van der Waals surface area contributed by atoms with Gasteiger partial charge in [0.05, 0.1) is 11.9 Å². The highest BCUT2D eigenvalue weighted by Crippen LogP contribution is 2.25. The first-order valence-electron chi connectivity index (χ1n) is 4.07. The Morgan fingerprint density at radius 1 is 1.60 bits per heavy atom. The van der Waals surface area contributed by atoms with E-state index >= 15 is 0 Å². The average molecular weight is 217 g/mol. The highest BCUT2D eigenvalue weighted by atomic mass is 19.1. The molecule has 1 rings (SSSR count). The van der Waals surface area contributed by atoms with Crippen molar-refractivity contribution in [1.29, 1.82) is 0 Å². The molecule has 0 fully saturated rings. The highest BCUT2D eigenvalue weighted by molar-refractivity contribution is 5.74. The molecule has 0 aliphatic rings. The van der Waals surface area contributed by atoms with E-state index in [1.165, 1.54) is 0 Å². The molecule has 0 bridgehead atoms. The number of halogens is 2. The van der Waals surface area contributed by atoms with Crippen LogP contribution in [0.25, 0.3) is 0 Å². The van der Waals surface area contributed by atoms with E-state index in [1.807, 2.05) is 0 Å². The van der Waals surface area contributed by atoms with Crippen LogP contribution in [-0.2, 0) is 10.4 Å². The molecule has 0 spiro atoms. The largest absolute Gasteiger partial charge is 0.479 e. The number of nitrogens with zero attached hydrogens (tertiary/aromatic N) is 1. The van der Waals surface area contributed by atoms with Gasteiger partial charge in [-0.15, -0.1) is 0 Å². The first kappa shape index (κ1) is 11.5. The minimum Gasteiger partial charge on any atom is -0.479 e. The molecule has 4 nitrogen and oxygen atoms in total. The zero-order valence-corrected chi connectivity index (χ0v) is 7.82. The molecule has 2 N–H and O–H groups in total. The minimum atomic E-state index is -2.52. The fraction of sp³-hybridized carbons (Fsp3) is 0.333. The Morgan fingerprint density at radius 3 is 2.60 bits per heavy atom. The molecule has 0 amide bonds. The lowest BCUT2D eigenvalue weighted by molar-refractivity contribution is -0.154. The van der Waals surface area contributed by atoms with Crippen molar-refractivity contribution >= 4 is 5.97 Å². The van der Waals surface area contributed by atoms with Gasteiger partial charge in [0.2, 0.25) is 6.17 Å². The van der Waals surface area contributed by atoms with Gasteiger partial charge in [0, 0.05) is 0 Å². The van der Waals surface area contributed by atoms with Gasteiger partial charge in [-0.3, -0.25) is 4.98 Å². The molecule has 6 heteroatoms. The van der Waals surface area contributed by atoms with Crippen LogP contribution in [0, 0.1) is 5.82 Å². The van der Waals surface area contributed by atoms with Gasteiger partial charge in [-0.05, 0) is 19.1 Å². The van der Waals surface area contributed by atoms with Crippen molar-refractivity contribution < 1.29 is 23.8 Å². The summed E-state index contributed by atoms with van der Waals surface area (Å²) in [6.45, 7) is 0.964. The predicted molar refractivity (Wildman–Crippen MR) is 46.3 cm³/mol. The molecule has 0 radical (unpaired) electrons. The molecule has 0 saturated heterocycles. The minimum absolute atomic E-state index is 0.237. The smallest absolute Gasteiger partial charge is 0.341 e. The molecule has 15 heavy (non-hydrogen) atoms.